The Balaban J connectivity index is 2.63. The van der Waals surface area contributed by atoms with Crippen LogP contribution in [0.2, 0.25) is 0 Å². The third-order valence-corrected chi connectivity index (χ3v) is 3.65. The fourth-order valence-electron chi connectivity index (χ4n) is 2.47. The summed E-state index contributed by atoms with van der Waals surface area (Å²) in [6.45, 7) is 6.37. The van der Waals surface area contributed by atoms with Crippen LogP contribution in [0.15, 0.2) is 30.3 Å². The molecule has 0 amide bonds. The fourth-order valence-corrected chi connectivity index (χ4v) is 2.47. The molecule has 100 valence electrons. The van der Waals surface area contributed by atoms with Crippen molar-refractivity contribution in [2.45, 2.75) is 20.8 Å². The van der Waals surface area contributed by atoms with Gasteiger partial charge in [-0.3, -0.25) is 0 Å². The van der Waals surface area contributed by atoms with E-state index in [2.05, 4.69) is 56.4 Å². The molecule has 2 nitrogen and oxygen atoms in total. The smallest absolute Gasteiger partial charge is 0.130 e. The molecule has 2 rings (SSSR count). The summed E-state index contributed by atoms with van der Waals surface area (Å²) in [5.41, 5.74) is 7.22. The van der Waals surface area contributed by atoms with Gasteiger partial charge in [-0.1, -0.05) is 18.2 Å². The average Bonchev–Trinajstić information content (AvgIpc) is 2.42. The summed E-state index contributed by atoms with van der Waals surface area (Å²) in [6, 6.07) is 10.7. The Morgan fingerprint density at radius 3 is 2.11 bits per heavy atom. The normalized spacial score (nSPS) is 10.4. The maximum absolute atomic E-state index is 5.63. The van der Waals surface area contributed by atoms with Crippen molar-refractivity contribution >= 4 is 5.69 Å². The minimum absolute atomic E-state index is 0.981. The summed E-state index contributed by atoms with van der Waals surface area (Å²) in [5.74, 6) is 0.981. The van der Waals surface area contributed by atoms with Gasteiger partial charge in [0.25, 0.3) is 0 Å². The Morgan fingerprint density at radius 1 is 0.947 bits per heavy atom. The monoisotopic (exact) mass is 255 g/mol. The highest BCUT2D eigenvalue weighted by Gasteiger charge is 2.13. The second-order valence-electron chi connectivity index (χ2n) is 4.87. The summed E-state index contributed by atoms with van der Waals surface area (Å²) < 4.78 is 5.63. The molecule has 0 atom stereocenters. The molecule has 0 saturated heterocycles. The van der Waals surface area contributed by atoms with Crippen LogP contribution in [0.4, 0.5) is 5.69 Å². The SMILES string of the molecule is CNc1ccc(-c2c(C)cc(C)c(C)c2OC)cc1. The molecule has 0 aliphatic heterocycles. The number of benzene rings is 2. The van der Waals surface area contributed by atoms with Crippen LogP contribution in [0.1, 0.15) is 16.7 Å². The number of anilines is 1. The molecular weight excluding hydrogens is 234 g/mol. The predicted molar refractivity (Wildman–Crippen MR) is 82.2 cm³/mol. The van der Waals surface area contributed by atoms with Gasteiger partial charge in [-0.25, -0.2) is 0 Å². The number of hydrogen-bond acceptors (Lipinski definition) is 2. The third kappa shape index (κ3) is 2.43. The molecular formula is C17H21NO. The van der Waals surface area contributed by atoms with Gasteiger partial charge in [0, 0.05) is 18.3 Å². The number of nitrogens with one attached hydrogen (secondary N) is 1. The number of ether oxygens (including phenoxy) is 1. The van der Waals surface area contributed by atoms with Gasteiger partial charge in [0.2, 0.25) is 0 Å². The van der Waals surface area contributed by atoms with Crippen LogP contribution in [-0.2, 0) is 0 Å². The topological polar surface area (TPSA) is 21.3 Å². The van der Waals surface area contributed by atoms with Gasteiger partial charge in [-0.2, -0.15) is 0 Å². The minimum atomic E-state index is 0.981. The molecule has 0 aliphatic carbocycles. The zero-order chi connectivity index (χ0) is 14.0. The molecule has 2 heteroatoms. The highest BCUT2D eigenvalue weighted by Crippen LogP contribution is 2.37. The summed E-state index contributed by atoms with van der Waals surface area (Å²) >= 11 is 0. The Bertz CT molecular complexity index is 585. The molecule has 0 radical (unpaired) electrons. The predicted octanol–water partition coefficient (Wildman–Crippen LogP) is 4.33. The van der Waals surface area contributed by atoms with E-state index in [1.54, 1.807) is 7.11 Å². The molecule has 0 aliphatic rings. The first-order chi connectivity index (χ1) is 9.08. The minimum Gasteiger partial charge on any atom is -0.496 e. The molecule has 0 saturated carbocycles. The van der Waals surface area contributed by atoms with Crippen LogP contribution in [0, 0.1) is 20.8 Å². The standard InChI is InChI=1S/C17H21NO/c1-11-10-12(2)16(17(19-5)13(11)3)14-6-8-15(18-4)9-7-14/h6-10,18H,1-5H3. The van der Waals surface area contributed by atoms with Gasteiger partial charge in [-0.05, 0) is 55.2 Å². The lowest BCUT2D eigenvalue weighted by Gasteiger charge is -2.17. The van der Waals surface area contributed by atoms with E-state index in [0.717, 1.165) is 11.4 Å². The number of rotatable bonds is 3. The molecule has 2 aromatic carbocycles. The lowest BCUT2D eigenvalue weighted by molar-refractivity contribution is 0.412. The molecule has 19 heavy (non-hydrogen) atoms. The van der Waals surface area contributed by atoms with Crippen LogP contribution in [0.5, 0.6) is 5.75 Å². The van der Waals surface area contributed by atoms with Gasteiger partial charge in [0.05, 0.1) is 7.11 Å². The van der Waals surface area contributed by atoms with E-state index in [-0.39, 0.29) is 0 Å². The zero-order valence-corrected chi connectivity index (χ0v) is 12.3. The molecule has 0 unspecified atom stereocenters. The van der Waals surface area contributed by atoms with Crippen molar-refractivity contribution in [1.29, 1.82) is 0 Å². The Kier molecular flexibility index (Phi) is 3.79. The molecule has 0 heterocycles. The van der Waals surface area contributed by atoms with Crippen molar-refractivity contribution in [2.24, 2.45) is 0 Å². The maximum Gasteiger partial charge on any atom is 0.130 e. The van der Waals surface area contributed by atoms with Gasteiger partial charge in [0.15, 0.2) is 0 Å². The lowest BCUT2D eigenvalue weighted by Crippen LogP contribution is -1.97. The van der Waals surface area contributed by atoms with E-state index in [9.17, 15) is 0 Å². The van der Waals surface area contributed by atoms with Crippen LogP contribution >= 0.6 is 0 Å². The summed E-state index contributed by atoms with van der Waals surface area (Å²) in [6.07, 6.45) is 0. The Hall–Kier alpha value is -1.96. The number of aryl methyl sites for hydroxylation is 2. The third-order valence-electron chi connectivity index (χ3n) is 3.65. The van der Waals surface area contributed by atoms with Crippen molar-refractivity contribution in [2.75, 3.05) is 19.5 Å². The molecule has 0 bridgehead atoms. The molecule has 1 N–H and O–H groups in total. The molecule has 2 aromatic rings. The number of hydrogen-bond donors (Lipinski definition) is 1. The average molecular weight is 255 g/mol. The van der Waals surface area contributed by atoms with Crippen molar-refractivity contribution in [1.82, 2.24) is 0 Å². The molecule has 0 fully saturated rings. The zero-order valence-electron chi connectivity index (χ0n) is 12.3. The van der Waals surface area contributed by atoms with E-state index < -0.39 is 0 Å². The first-order valence-corrected chi connectivity index (χ1v) is 6.51. The molecule has 0 spiro atoms. The second-order valence-corrected chi connectivity index (χ2v) is 4.87. The van der Waals surface area contributed by atoms with Gasteiger partial charge in [-0.15, -0.1) is 0 Å². The van der Waals surface area contributed by atoms with Crippen LogP contribution in [0.3, 0.4) is 0 Å². The van der Waals surface area contributed by atoms with E-state index in [1.807, 2.05) is 7.05 Å². The Labute approximate surface area is 115 Å². The summed E-state index contributed by atoms with van der Waals surface area (Å²) in [4.78, 5) is 0. The second kappa shape index (κ2) is 5.35. The highest BCUT2D eigenvalue weighted by molar-refractivity contribution is 5.77. The van der Waals surface area contributed by atoms with Crippen LogP contribution < -0.4 is 10.1 Å². The van der Waals surface area contributed by atoms with E-state index >= 15 is 0 Å². The summed E-state index contributed by atoms with van der Waals surface area (Å²) in [7, 11) is 3.67. The summed E-state index contributed by atoms with van der Waals surface area (Å²) in [5, 5.41) is 3.14. The van der Waals surface area contributed by atoms with Crippen molar-refractivity contribution < 1.29 is 4.74 Å². The Morgan fingerprint density at radius 2 is 1.58 bits per heavy atom. The van der Waals surface area contributed by atoms with Crippen LogP contribution in [0.25, 0.3) is 11.1 Å². The van der Waals surface area contributed by atoms with Crippen molar-refractivity contribution in [3.63, 3.8) is 0 Å². The first-order valence-electron chi connectivity index (χ1n) is 6.51. The van der Waals surface area contributed by atoms with Crippen molar-refractivity contribution in [3.05, 3.63) is 47.0 Å². The van der Waals surface area contributed by atoms with Gasteiger partial charge in [0.1, 0.15) is 5.75 Å². The van der Waals surface area contributed by atoms with E-state index in [4.69, 9.17) is 4.74 Å². The quantitative estimate of drug-likeness (QED) is 0.881. The van der Waals surface area contributed by atoms with Crippen LogP contribution in [-0.4, -0.2) is 14.2 Å². The van der Waals surface area contributed by atoms with Gasteiger partial charge < -0.3 is 10.1 Å². The van der Waals surface area contributed by atoms with Crippen molar-refractivity contribution in [3.8, 4) is 16.9 Å². The van der Waals surface area contributed by atoms with E-state index in [0.29, 0.717) is 0 Å². The lowest BCUT2D eigenvalue weighted by atomic mass is 9.94. The fraction of sp³-hybridized carbons (Fsp3) is 0.294. The van der Waals surface area contributed by atoms with E-state index in [1.165, 1.54) is 27.8 Å². The molecule has 0 aromatic heterocycles. The first kappa shape index (κ1) is 13.5. The maximum atomic E-state index is 5.63. The largest absolute Gasteiger partial charge is 0.496 e. The number of methoxy groups -OCH3 is 1. The van der Waals surface area contributed by atoms with Gasteiger partial charge >= 0.3 is 0 Å². The highest BCUT2D eigenvalue weighted by atomic mass is 16.5.